The first kappa shape index (κ1) is 29.2. The van der Waals surface area contributed by atoms with Crippen LogP contribution in [0.4, 0.5) is 0 Å². The van der Waals surface area contributed by atoms with Crippen molar-refractivity contribution in [2.45, 2.75) is 43.9 Å². The Morgan fingerprint density at radius 3 is 2.19 bits per heavy atom. The van der Waals surface area contributed by atoms with E-state index in [1.165, 1.54) is 25.1 Å². The summed E-state index contributed by atoms with van der Waals surface area (Å²) < 4.78 is 0. The van der Waals surface area contributed by atoms with E-state index >= 15 is 0 Å². The van der Waals surface area contributed by atoms with E-state index in [1.807, 2.05) is 24.3 Å². The zero-order valence-electron chi connectivity index (χ0n) is 23.9. The summed E-state index contributed by atoms with van der Waals surface area (Å²) in [4.78, 5) is 41.1. The lowest BCUT2D eigenvalue weighted by Crippen LogP contribution is -2.68. The van der Waals surface area contributed by atoms with Gasteiger partial charge in [0.2, 0.25) is 5.78 Å². The van der Waals surface area contributed by atoms with Crippen LogP contribution in [-0.4, -0.2) is 79.7 Å². The summed E-state index contributed by atoms with van der Waals surface area (Å²) in [6, 6.07) is 10.7. The molecule has 5 atom stereocenters. The van der Waals surface area contributed by atoms with Crippen LogP contribution in [0.3, 0.4) is 0 Å². The quantitative estimate of drug-likeness (QED) is 0.300. The van der Waals surface area contributed by atoms with Crippen LogP contribution < -0.4 is 5.73 Å². The maximum absolute atomic E-state index is 13.9. The summed E-state index contributed by atoms with van der Waals surface area (Å²) in [7, 11) is 2.98. The molecule has 0 bridgehead atoms. The lowest BCUT2D eigenvalue weighted by molar-refractivity contribution is -0.159. The number of carbonyl (C=O) groups excluding carboxylic acids is 3. The van der Waals surface area contributed by atoms with Crippen molar-refractivity contribution >= 4 is 29.1 Å². The number of benzene rings is 2. The Bertz CT molecular complexity index is 1630. The fourth-order valence-electron chi connectivity index (χ4n) is 6.57. The van der Waals surface area contributed by atoms with E-state index < -0.39 is 75.5 Å². The van der Waals surface area contributed by atoms with Gasteiger partial charge in [-0.1, -0.05) is 63.2 Å². The number of primary amides is 1. The number of fused-ring (bicyclic) bond motifs is 3. The van der Waals surface area contributed by atoms with Gasteiger partial charge >= 0.3 is 0 Å². The van der Waals surface area contributed by atoms with Gasteiger partial charge in [-0.05, 0) is 47.8 Å². The molecule has 0 fully saturated rings. The summed E-state index contributed by atoms with van der Waals surface area (Å²) in [6.45, 7) is 6.23. The van der Waals surface area contributed by atoms with E-state index in [0.29, 0.717) is 16.7 Å². The highest BCUT2D eigenvalue weighted by Crippen LogP contribution is 2.55. The van der Waals surface area contributed by atoms with Crippen molar-refractivity contribution in [2.24, 2.45) is 17.6 Å². The number of amides is 1. The predicted molar refractivity (Wildman–Crippen MR) is 154 cm³/mol. The van der Waals surface area contributed by atoms with Crippen molar-refractivity contribution in [1.82, 2.24) is 4.90 Å². The van der Waals surface area contributed by atoms with Gasteiger partial charge in [0.05, 0.1) is 29.2 Å². The van der Waals surface area contributed by atoms with Crippen molar-refractivity contribution in [3.8, 4) is 5.75 Å². The van der Waals surface area contributed by atoms with Crippen LogP contribution in [-0.2, 0) is 15.0 Å². The third-order valence-electron chi connectivity index (χ3n) is 8.63. The molecule has 0 saturated carbocycles. The molecule has 3 aliphatic rings. The van der Waals surface area contributed by atoms with Gasteiger partial charge in [-0.3, -0.25) is 19.3 Å². The number of carbonyl (C=O) groups is 3. The van der Waals surface area contributed by atoms with Crippen LogP contribution in [0.25, 0.3) is 11.6 Å². The van der Waals surface area contributed by atoms with Crippen molar-refractivity contribution in [1.29, 1.82) is 0 Å². The molecule has 220 valence electrons. The Balaban J connectivity index is 1.82. The summed E-state index contributed by atoms with van der Waals surface area (Å²) in [5.41, 5.74) is 3.09. The van der Waals surface area contributed by atoms with Gasteiger partial charge in [-0.15, -0.1) is 0 Å². The Morgan fingerprint density at radius 2 is 1.64 bits per heavy atom. The SMILES string of the molecule is CN(C)[C@@H]1C(O)=C(C(N)=O)C(=O)[C@@]2(O)C(O)=C3C(=O)c4c(O)cccc4/C(=C\c4ccc(C(C)(C)C)cc4)[C@H]3[C@H](O)[C@@H]12. The zero-order valence-corrected chi connectivity index (χ0v) is 23.9. The molecule has 10 heteroatoms. The third-order valence-corrected chi connectivity index (χ3v) is 8.63. The third kappa shape index (κ3) is 4.01. The second-order valence-corrected chi connectivity index (χ2v) is 12.4. The molecule has 7 N–H and O–H groups in total. The molecule has 0 spiro atoms. The highest BCUT2D eigenvalue weighted by atomic mass is 16.4. The first-order chi connectivity index (χ1) is 19.5. The minimum Gasteiger partial charge on any atom is -0.510 e. The molecule has 42 heavy (non-hydrogen) atoms. The standard InChI is InChI=1S/C32H34N2O8/c1-31(2,3)15-11-9-14(10-12-15)13-17-16-7-6-8-18(35)19(16)25(36)21-20(17)26(37)23-24(34(4)5)27(38)22(30(33)41)29(40)32(23,42)28(21)39/h6-13,20,23-24,26,35,37-39,42H,1-5H3,(H2,33,41)/b17-13+/t20-,23-,24+,26+,32+/m1/s1. The van der Waals surface area contributed by atoms with Crippen LogP contribution in [0, 0.1) is 11.8 Å². The minimum atomic E-state index is -2.98. The summed E-state index contributed by atoms with van der Waals surface area (Å²) in [5, 5.41) is 57.2. The number of hydrogen-bond donors (Lipinski definition) is 6. The molecule has 10 nitrogen and oxygen atoms in total. The van der Waals surface area contributed by atoms with Gasteiger partial charge in [0.25, 0.3) is 5.91 Å². The minimum absolute atomic E-state index is 0.110. The molecule has 0 saturated heterocycles. The number of aliphatic hydroxyl groups excluding tert-OH is 3. The maximum Gasteiger partial charge on any atom is 0.255 e. The summed E-state index contributed by atoms with van der Waals surface area (Å²) in [6.07, 6.45) is -0.0175. The maximum atomic E-state index is 13.9. The lowest BCUT2D eigenvalue weighted by atomic mass is 9.56. The second-order valence-electron chi connectivity index (χ2n) is 12.4. The molecule has 5 rings (SSSR count). The topological polar surface area (TPSA) is 182 Å². The Kier molecular flexibility index (Phi) is 6.72. The number of aliphatic hydroxyl groups is 4. The molecule has 0 aromatic heterocycles. The normalized spacial score (nSPS) is 28.6. The van der Waals surface area contributed by atoms with Crippen LogP contribution in [0.5, 0.6) is 5.75 Å². The molecule has 1 amide bonds. The molecule has 2 aromatic carbocycles. The Morgan fingerprint density at radius 1 is 1.02 bits per heavy atom. The van der Waals surface area contributed by atoms with Crippen LogP contribution >= 0.6 is 0 Å². The van der Waals surface area contributed by atoms with Gasteiger partial charge in [-0.2, -0.15) is 0 Å². The van der Waals surface area contributed by atoms with E-state index in [0.717, 1.165) is 5.56 Å². The van der Waals surface area contributed by atoms with Gasteiger partial charge in [0.1, 0.15) is 22.8 Å². The Labute approximate surface area is 242 Å². The first-order valence-electron chi connectivity index (χ1n) is 13.5. The smallest absolute Gasteiger partial charge is 0.255 e. The number of rotatable bonds is 3. The van der Waals surface area contributed by atoms with E-state index in [4.69, 9.17) is 5.73 Å². The van der Waals surface area contributed by atoms with Crippen molar-refractivity contribution < 1.29 is 39.9 Å². The number of nitrogens with zero attached hydrogens (tertiary/aromatic N) is 1. The van der Waals surface area contributed by atoms with Gasteiger partial charge < -0.3 is 31.3 Å². The van der Waals surface area contributed by atoms with Crippen molar-refractivity contribution in [3.05, 3.63) is 87.4 Å². The highest BCUT2D eigenvalue weighted by Gasteiger charge is 2.67. The fourth-order valence-corrected chi connectivity index (χ4v) is 6.57. The Hall–Kier alpha value is -4.25. The van der Waals surface area contributed by atoms with Gasteiger partial charge in [0.15, 0.2) is 11.4 Å². The monoisotopic (exact) mass is 574 g/mol. The number of nitrogens with two attached hydrogens (primary N) is 1. The summed E-state index contributed by atoms with van der Waals surface area (Å²) in [5.74, 6) is -8.80. The number of hydrogen-bond acceptors (Lipinski definition) is 9. The van der Waals surface area contributed by atoms with E-state index in [2.05, 4.69) is 20.8 Å². The van der Waals surface area contributed by atoms with Gasteiger partial charge in [0, 0.05) is 5.92 Å². The largest absolute Gasteiger partial charge is 0.510 e. The molecule has 0 heterocycles. The zero-order chi connectivity index (χ0) is 31.0. The molecular formula is C32H34N2O8. The number of ketones is 2. The highest BCUT2D eigenvalue weighted by molar-refractivity contribution is 6.25. The molecule has 2 aromatic rings. The predicted octanol–water partition coefficient (Wildman–Crippen LogP) is 2.39. The molecule has 0 radical (unpaired) electrons. The van der Waals surface area contributed by atoms with E-state index in [-0.39, 0.29) is 11.0 Å². The molecule has 3 aliphatic carbocycles. The molecule has 0 unspecified atom stereocenters. The summed E-state index contributed by atoms with van der Waals surface area (Å²) >= 11 is 0. The fraction of sp³-hybridized carbons (Fsp3) is 0.344. The lowest BCUT2D eigenvalue weighted by Gasteiger charge is -2.52. The number of likely N-dealkylation sites (N-methyl/N-ethyl adjacent to an activating group) is 1. The molecular weight excluding hydrogens is 540 g/mol. The van der Waals surface area contributed by atoms with Crippen LogP contribution in [0.15, 0.2) is 65.1 Å². The number of phenols is 1. The van der Waals surface area contributed by atoms with Crippen molar-refractivity contribution in [2.75, 3.05) is 14.1 Å². The van der Waals surface area contributed by atoms with Crippen LogP contribution in [0.1, 0.15) is 47.8 Å². The number of phenolic OH excluding ortho intramolecular Hbond substituents is 1. The van der Waals surface area contributed by atoms with Crippen molar-refractivity contribution in [3.63, 3.8) is 0 Å². The van der Waals surface area contributed by atoms with E-state index in [1.54, 1.807) is 18.2 Å². The van der Waals surface area contributed by atoms with Crippen LogP contribution in [0.2, 0.25) is 0 Å². The first-order valence-corrected chi connectivity index (χ1v) is 13.5. The van der Waals surface area contributed by atoms with Gasteiger partial charge in [-0.25, -0.2) is 0 Å². The molecule has 0 aliphatic heterocycles. The number of aromatic hydroxyl groups is 1. The average molecular weight is 575 g/mol. The second kappa shape index (κ2) is 9.65. The average Bonchev–Trinajstić information content (AvgIpc) is 2.89. The number of Topliss-reactive ketones (excluding diaryl/α,β-unsaturated/α-hetero) is 2. The van der Waals surface area contributed by atoms with E-state index in [9.17, 15) is 39.9 Å².